The van der Waals surface area contributed by atoms with Gasteiger partial charge >= 0.3 is 0 Å². The van der Waals surface area contributed by atoms with Crippen molar-refractivity contribution in [1.29, 1.82) is 0 Å². The second kappa shape index (κ2) is 7.02. The van der Waals surface area contributed by atoms with E-state index in [-0.39, 0.29) is 18.1 Å². The highest BCUT2D eigenvalue weighted by molar-refractivity contribution is 5.78. The predicted molar refractivity (Wildman–Crippen MR) is 79.6 cm³/mol. The first-order valence-corrected chi connectivity index (χ1v) is 6.89. The first-order valence-electron chi connectivity index (χ1n) is 6.89. The molecule has 0 bridgehead atoms. The molecule has 1 N–H and O–H groups in total. The van der Waals surface area contributed by atoms with E-state index >= 15 is 0 Å². The van der Waals surface area contributed by atoms with Gasteiger partial charge in [0.2, 0.25) is 0 Å². The number of rotatable bonds is 5. The molecule has 0 saturated carbocycles. The summed E-state index contributed by atoms with van der Waals surface area (Å²) in [5, 5.41) is 2.61. The van der Waals surface area contributed by atoms with Gasteiger partial charge in [0.15, 0.2) is 6.61 Å². The zero-order valence-corrected chi connectivity index (χ0v) is 12.4. The predicted octanol–water partition coefficient (Wildman–Crippen LogP) is 3.53. The minimum atomic E-state index is -0.688. The van der Waals surface area contributed by atoms with Gasteiger partial charge in [0, 0.05) is 11.6 Å². The van der Waals surface area contributed by atoms with Gasteiger partial charge in [-0.15, -0.1) is 0 Å². The topological polar surface area (TPSA) is 38.3 Å². The first-order chi connectivity index (χ1) is 10.5. The fraction of sp³-hybridized carbons (Fsp3) is 0.235. The molecule has 0 spiro atoms. The number of halogens is 2. The standard InChI is InChI=1S/C17H17F2NO2/c1-11-4-3-5-14(8-11)22-10-17(21)20-12(2)15-7-6-13(18)9-16(15)19/h3-9,12H,10H2,1-2H3,(H,20,21). The van der Waals surface area contributed by atoms with Crippen LogP contribution < -0.4 is 10.1 Å². The molecule has 0 aliphatic carbocycles. The highest BCUT2D eigenvalue weighted by atomic mass is 19.1. The Hall–Kier alpha value is -2.43. The van der Waals surface area contributed by atoms with Gasteiger partial charge in [0.05, 0.1) is 6.04 Å². The van der Waals surface area contributed by atoms with Gasteiger partial charge in [-0.3, -0.25) is 4.79 Å². The van der Waals surface area contributed by atoms with Crippen molar-refractivity contribution in [2.45, 2.75) is 19.9 Å². The molecule has 0 radical (unpaired) electrons. The molecule has 0 aliphatic heterocycles. The van der Waals surface area contributed by atoms with Crippen molar-refractivity contribution in [3.63, 3.8) is 0 Å². The minimum Gasteiger partial charge on any atom is -0.484 e. The Bertz CT molecular complexity index is 673. The number of hydrogen-bond acceptors (Lipinski definition) is 2. The van der Waals surface area contributed by atoms with Gasteiger partial charge in [-0.05, 0) is 37.6 Å². The van der Waals surface area contributed by atoms with Gasteiger partial charge in [0.1, 0.15) is 17.4 Å². The van der Waals surface area contributed by atoms with Gasteiger partial charge in [-0.1, -0.05) is 18.2 Å². The third-order valence-electron chi connectivity index (χ3n) is 3.17. The molecular weight excluding hydrogens is 288 g/mol. The van der Waals surface area contributed by atoms with Crippen LogP contribution in [0.2, 0.25) is 0 Å². The van der Waals surface area contributed by atoms with E-state index in [9.17, 15) is 13.6 Å². The Labute approximate surface area is 127 Å². The molecule has 1 atom stereocenters. The molecule has 1 unspecified atom stereocenters. The third-order valence-corrected chi connectivity index (χ3v) is 3.17. The molecule has 0 fully saturated rings. The lowest BCUT2D eigenvalue weighted by Gasteiger charge is -2.15. The van der Waals surface area contributed by atoms with E-state index in [1.807, 2.05) is 25.1 Å². The number of ether oxygens (including phenoxy) is 1. The molecule has 5 heteroatoms. The summed E-state index contributed by atoms with van der Waals surface area (Å²) in [6.07, 6.45) is 0. The zero-order chi connectivity index (χ0) is 16.1. The Balaban J connectivity index is 1.91. The monoisotopic (exact) mass is 305 g/mol. The van der Waals surface area contributed by atoms with E-state index in [2.05, 4.69) is 5.32 Å². The number of benzene rings is 2. The molecule has 116 valence electrons. The molecule has 0 aliphatic rings. The van der Waals surface area contributed by atoms with Crippen LogP contribution in [0.1, 0.15) is 24.1 Å². The minimum absolute atomic E-state index is 0.170. The van der Waals surface area contributed by atoms with E-state index in [1.165, 1.54) is 6.07 Å². The maximum absolute atomic E-state index is 13.6. The highest BCUT2D eigenvalue weighted by Gasteiger charge is 2.14. The van der Waals surface area contributed by atoms with Crippen LogP contribution >= 0.6 is 0 Å². The van der Waals surface area contributed by atoms with Crippen molar-refractivity contribution >= 4 is 5.91 Å². The maximum Gasteiger partial charge on any atom is 0.258 e. The molecule has 0 heterocycles. The lowest BCUT2D eigenvalue weighted by Crippen LogP contribution is -2.31. The SMILES string of the molecule is Cc1cccc(OCC(=O)NC(C)c2ccc(F)cc2F)c1. The highest BCUT2D eigenvalue weighted by Crippen LogP contribution is 2.18. The quantitative estimate of drug-likeness (QED) is 0.917. The average Bonchev–Trinajstić information content (AvgIpc) is 2.45. The second-order valence-electron chi connectivity index (χ2n) is 5.06. The van der Waals surface area contributed by atoms with Crippen molar-refractivity contribution in [2.24, 2.45) is 0 Å². The molecule has 2 aromatic rings. The summed E-state index contributed by atoms with van der Waals surface area (Å²) in [6.45, 7) is 3.38. The summed E-state index contributed by atoms with van der Waals surface area (Å²) in [5.41, 5.74) is 1.25. The Morgan fingerprint density at radius 2 is 2.00 bits per heavy atom. The van der Waals surface area contributed by atoms with Crippen molar-refractivity contribution in [1.82, 2.24) is 5.32 Å². The number of carbonyl (C=O) groups is 1. The lowest BCUT2D eigenvalue weighted by atomic mass is 10.1. The van der Waals surface area contributed by atoms with Crippen LogP contribution in [0.4, 0.5) is 8.78 Å². The maximum atomic E-state index is 13.6. The van der Waals surface area contributed by atoms with E-state index < -0.39 is 17.7 Å². The molecule has 2 aromatic carbocycles. The fourth-order valence-electron chi connectivity index (χ4n) is 2.07. The van der Waals surface area contributed by atoms with Crippen LogP contribution in [-0.2, 0) is 4.79 Å². The number of carbonyl (C=O) groups excluding carboxylic acids is 1. The molecule has 3 nitrogen and oxygen atoms in total. The molecule has 0 saturated heterocycles. The van der Waals surface area contributed by atoms with Crippen LogP contribution in [0, 0.1) is 18.6 Å². The van der Waals surface area contributed by atoms with Crippen molar-refractivity contribution < 1.29 is 18.3 Å². The summed E-state index contributed by atoms with van der Waals surface area (Å²) in [5.74, 6) is -1.12. The molecule has 2 rings (SSSR count). The van der Waals surface area contributed by atoms with Crippen LogP contribution in [0.5, 0.6) is 5.75 Å². The van der Waals surface area contributed by atoms with Gasteiger partial charge < -0.3 is 10.1 Å². The summed E-state index contributed by atoms with van der Waals surface area (Å²) in [6, 6.07) is 10.0. The van der Waals surface area contributed by atoms with Crippen LogP contribution in [0.25, 0.3) is 0 Å². The summed E-state index contributed by atoms with van der Waals surface area (Å²) in [7, 11) is 0. The van der Waals surface area contributed by atoms with E-state index in [1.54, 1.807) is 13.0 Å². The smallest absolute Gasteiger partial charge is 0.258 e. The van der Waals surface area contributed by atoms with Gasteiger partial charge in [0.25, 0.3) is 5.91 Å². The molecular formula is C17H17F2NO2. The summed E-state index contributed by atoms with van der Waals surface area (Å²) < 4.78 is 31.9. The molecule has 22 heavy (non-hydrogen) atoms. The Morgan fingerprint density at radius 1 is 1.23 bits per heavy atom. The van der Waals surface area contributed by atoms with Crippen molar-refractivity contribution in [3.8, 4) is 5.75 Å². The average molecular weight is 305 g/mol. The van der Waals surface area contributed by atoms with Gasteiger partial charge in [-0.25, -0.2) is 8.78 Å². The number of nitrogens with one attached hydrogen (secondary N) is 1. The fourth-order valence-corrected chi connectivity index (χ4v) is 2.07. The lowest BCUT2D eigenvalue weighted by molar-refractivity contribution is -0.123. The van der Waals surface area contributed by atoms with Crippen molar-refractivity contribution in [2.75, 3.05) is 6.61 Å². The summed E-state index contributed by atoms with van der Waals surface area (Å²) in [4.78, 5) is 11.8. The molecule has 1 amide bonds. The van der Waals surface area contributed by atoms with Crippen LogP contribution in [0.15, 0.2) is 42.5 Å². The number of aryl methyl sites for hydroxylation is 1. The van der Waals surface area contributed by atoms with Gasteiger partial charge in [-0.2, -0.15) is 0 Å². The third kappa shape index (κ3) is 4.28. The van der Waals surface area contributed by atoms with E-state index in [0.717, 1.165) is 17.7 Å². The summed E-state index contributed by atoms with van der Waals surface area (Å²) >= 11 is 0. The number of hydrogen-bond donors (Lipinski definition) is 1. The van der Waals surface area contributed by atoms with Crippen LogP contribution in [-0.4, -0.2) is 12.5 Å². The Morgan fingerprint density at radius 3 is 2.68 bits per heavy atom. The van der Waals surface area contributed by atoms with Crippen molar-refractivity contribution in [3.05, 3.63) is 65.2 Å². The molecule has 0 aromatic heterocycles. The normalized spacial score (nSPS) is 11.8. The Kier molecular flexibility index (Phi) is 5.09. The second-order valence-corrected chi connectivity index (χ2v) is 5.06. The zero-order valence-electron chi connectivity index (χ0n) is 12.4. The largest absolute Gasteiger partial charge is 0.484 e. The van der Waals surface area contributed by atoms with Crippen LogP contribution in [0.3, 0.4) is 0 Å². The first kappa shape index (κ1) is 15.9. The van der Waals surface area contributed by atoms with E-state index in [4.69, 9.17) is 4.74 Å². The number of amides is 1. The van der Waals surface area contributed by atoms with E-state index in [0.29, 0.717) is 5.75 Å².